The fourth-order valence-electron chi connectivity index (χ4n) is 2.55. The minimum absolute atomic E-state index is 0.0414. The quantitative estimate of drug-likeness (QED) is 0.879. The Balaban J connectivity index is 2.23. The highest BCUT2D eigenvalue weighted by molar-refractivity contribution is 7.89. The third-order valence-corrected chi connectivity index (χ3v) is 4.95. The molecule has 2 unspecified atom stereocenters. The first-order chi connectivity index (χ1) is 8.76. The Morgan fingerprint density at radius 2 is 2.00 bits per heavy atom. The number of hydrogen-bond acceptors (Lipinski definition) is 4. The maximum Gasteiger partial charge on any atom is 0.240 e. The van der Waals surface area contributed by atoms with E-state index in [0.717, 1.165) is 6.42 Å². The van der Waals surface area contributed by atoms with Crippen molar-refractivity contribution in [3.8, 4) is 0 Å². The summed E-state index contributed by atoms with van der Waals surface area (Å²) in [5, 5.41) is 8.49. The van der Waals surface area contributed by atoms with Crippen molar-refractivity contribution in [1.29, 1.82) is 0 Å². The van der Waals surface area contributed by atoms with Gasteiger partial charge in [0.05, 0.1) is 11.8 Å². The summed E-state index contributed by atoms with van der Waals surface area (Å²) in [6, 6.07) is 6.86. The topological polar surface area (TPSA) is 81.4 Å². The number of ether oxygens (including phenoxy) is 1. The first-order valence-electron chi connectivity index (χ1n) is 6.18. The van der Waals surface area contributed by atoms with Crippen LogP contribution in [0.3, 0.4) is 0 Å². The smallest absolute Gasteiger partial charge is 0.240 e. The van der Waals surface area contributed by atoms with Crippen LogP contribution in [-0.4, -0.2) is 27.7 Å². The molecule has 0 bridgehead atoms. The fourth-order valence-corrected chi connectivity index (χ4v) is 3.25. The molecule has 0 radical (unpaired) electrons. The van der Waals surface area contributed by atoms with Gasteiger partial charge in [-0.2, -0.15) is 0 Å². The van der Waals surface area contributed by atoms with Crippen LogP contribution in [0.1, 0.15) is 20.3 Å². The molecule has 3 N–H and O–H groups in total. The van der Waals surface area contributed by atoms with Crippen molar-refractivity contribution in [2.24, 2.45) is 10.6 Å². The molecule has 0 spiro atoms. The van der Waals surface area contributed by atoms with Crippen molar-refractivity contribution in [2.75, 3.05) is 12.4 Å². The number of rotatable bonds is 4. The Morgan fingerprint density at radius 1 is 1.37 bits per heavy atom. The molecular weight excluding hydrogens is 264 g/mol. The lowest BCUT2D eigenvalue weighted by Crippen LogP contribution is -2.57. The molecule has 1 aliphatic rings. The largest absolute Gasteiger partial charge is 0.381 e. The average molecular weight is 284 g/mol. The first-order valence-corrected chi connectivity index (χ1v) is 7.72. The van der Waals surface area contributed by atoms with E-state index in [9.17, 15) is 8.42 Å². The van der Waals surface area contributed by atoms with Gasteiger partial charge in [-0.15, -0.1) is 0 Å². The lowest BCUT2D eigenvalue weighted by atomic mass is 9.64. The Hall–Kier alpha value is -1.11. The highest BCUT2D eigenvalue weighted by Crippen LogP contribution is 2.44. The molecule has 1 aromatic carbocycles. The number of anilines is 1. The summed E-state index contributed by atoms with van der Waals surface area (Å²) >= 11 is 0. The molecule has 0 aromatic heterocycles. The van der Waals surface area contributed by atoms with E-state index in [-0.39, 0.29) is 22.5 Å². The van der Waals surface area contributed by atoms with Gasteiger partial charge in [-0.3, -0.25) is 0 Å². The molecule has 6 heteroatoms. The van der Waals surface area contributed by atoms with Crippen LogP contribution in [0.15, 0.2) is 29.2 Å². The second-order valence-electron chi connectivity index (χ2n) is 5.52. The van der Waals surface area contributed by atoms with Crippen molar-refractivity contribution in [3.05, 3.63) is 24.3 Å². The summed E-state index contributed by atoms with van der Waals surface area (Å²) in [5.74, 6) is 0. The average Bonchev–Trinajstić information content (AvgIpc) is 2.33. The Bertz CT molecular complexity index is 569. The van der Waals surface area contributed by atoms with Crippen molar-refractivity contribution >= 4 is 15.7 Å². The maximum absolute atomic E-state index is 11.5. The lowest BCUT2D eigenvalue weighted by molar-refractivity contribution is -0.0795. The van der Waals surface area contributed by atoms with Crippen LogP contribution in [0.2, 0.25) is 0 Å². The van der Waals surface area contributed by atoms with E-state index in [1.165, 1.54) is 6.07 Å². The van der Waals surface area contributed by atoms with Crippen LogP contribution in [-0.2, 0) is 14.8 Å². The van der Waals surface area contributed by atoms with E-state index in [1.807, 2.05) is 0 Å². The summed E-state index contributed by atoms with van der Waals surface area (Å²) in [7, 11) is -2.02. The lowest BCUT2D eigenvalue weighted by Gasteiger charge is -2.51. The van der Waals surface area contributed by atoms with Gasteiger partial charge in [0.15, 0.2) is 0 Å². The zero-order valence-electron chi connectivity index (χ0n) is 11.4. The zero-order valence-corrected chi connectivity index (χ0v) is 12.2. The summed E-state index contributed by atoms with van der Waals surface area (Å²) in [6.45, 7) is 4.20. The van der Waals surface area contributed by atoms with E-state index in [1.54, 1.807) is 25.3 Å². The monoisotopic (exact) mass is 284 g/mol. The number of nitrogens with one attached hydrogen (secondary N) is 1. The van der Waals surface area contributed by atoms with Crippen LogP contribution >= 0.6 is 0 Å². The molecule has 5 nitrogen and oxygen atoms in total. The van der Waals surface area contributed by atoms with Gasteiger partial charge in [0.25, 0.3) is 0 Å². The molecular formula is C13H20N2O3S. The number of primary sulfonamides is 1. The summed E-state index contributed by atoms with van der Waals surface area (Å²) < 4.78 is 28.5. The number of sulfonamides is 1. The molecule has 2 rings (SSSR count). The van der Waals surface area contributed by atoms with Gasteiger partial charge in [0, 0.05) is 18.6 Å². The summed E-state index contributed by atoms with van der Waals surface area (Å²) in [6.07, 6.45) is 1.04. The van der Waals surface area contributed by atoms with E-state index in [2.05, 4.69) is 19.2 Å². The molecule has 1 fully saturated rings. The van der Waals surface area contributed by atoms with Gasteiger partial charge >= 0.3 is 0 Å². The predicted molar refractivity (Wildman–Crippen MR) is 74.4 cm³/mol. The van der Waals surface area contributed by atoms with Gasteiger partial charge in [-0.05, 0) is 18.6 Å². The van der Waals surface area contributed by atoms with Crippen LogP contribution < -0.4 is 10.5 Å². The number of benzene rings is 1. The first kappa shape index (κ1) is 14.3. The molecule has 1 aliphatic carbocycles. The van der Waals surface area contributed by atoms with Crippen LogP contribution in [0, 0.1) is 5.41 Å². The number of para-hydroxylation sites is 1. The van der Waals surface area contributed by atoms with Crippen molar-refractivity contribution < 1.29 is 13.2 Å². The van der Waals surface area contributed by atoms with Crippen LogP contribution in [0.25, 0.3) is 0 Å². The minimum atomic E-state index is -3.71. The number of nitrogens with two attached hydrogens (primary N) is 1. The van der Waals surface area contributed by atoms with Crippen LogP contribution in [0.5, 0.6) is 0 Å². The van der Waals surface area contributed by atoms with Gasteiger partial charge in [0.2, 0.25) is 10.0 Å². The molecule has 0 heterocycles. The van der Waals surface area contributed by atoms with Crippen molar-refractivity contribution in [1.82, 2.24) is 0 Å². The standard InChI is InChI=1S/C13H20N2O3S/c1-13(2)11(8-12(13)18-3)15-9-6-4-5-7-10(9)19(14,16)17/h4-7,11-12,15H,8H2,1-3H3,(H2,14,16,17). The molecule has 19 heavy (non-hydrogen) atoms. The molecule has 0 aliphatic heterocycles. The van der Waals surface area contributed by atoms with E-state index in [0.29, 0.717) is 5.69 Å². The third kappa shape index (κ3) is 2.61. The number of methoxy groups -OCH3 is 1. The Morgan fingerprint density at radius 3 is 2.53 bits per heavy atom. The van der Waals surface area contributed by atoms with Gasteiger partial charge in [0.1, 0.15) is 4.90 Å². The van der Waals surface area contributed by atoms with E-state index >= 15 is 0 Å². The second kappa shape index (κ2) is 4.77. The minimum Gasteiger partial charge on any atom is -0.381 e. The predicted octanol–water partition coefficient (Wildman–Crippen LogP) is 1.56. The molecule has 1 saturated carbocycles. The highest BCUT2D eigenvalue weighted by Gasteiger charge is 2.48. The number of hydrogen-bond donors (Lipinski definition) is 2. The normalized spacial score (nSPS) is 25.7. The molecule has 0 amide bonds. The van der Waals surface area contributed by atoms with Crippen LogP contribution in [0.4, 0.5) is 5.69 Å². The SMILES string of the molecule is COC1CC(Nc2ccccc2S(N)(=O)=O)C1(C)C. The Labute approximate surface area is 114 Å². The summed E-state index contributed by atoms with van der Waals surface area (Å²) in [4.78, 5) is 0.131. The maximum atomic E-state index is 11.5. The highest BCUT2D eigenvalue weighted by atomic mass is 32.2. The Kier molecular flexibility index (Phi) is 3.59. The van der Waals surface area contributed by atoms with Crippen molar-refractivity contribution in [3.63, 3.8) is 0 Å². The second-order valence-corrected chi connectivity index (χ2v) is 7.05. The molecule has 106 valence electrons. The van der Waals surface area contributed by atoms with Gasteiger partial charge < -0.3 is 10.1 Å². The fraction of sp³-hybridized carbons (Fsp3) is 0.538. The summed E-state index contributed by atoms with van der Waals surface area (Å²) in [5.41, 5.74) is 0.512. The molecule has 1 aromatic rings. The molecule has 2 atom stereocenters. The van der Waals surface area contributed by atoms with Crippen molar-refractivity contribution in [2.45, 2.75) is 37.3 Å². The van der Waals surface area contributed by atoms with Gasteiger partial charge in [-0.25, -0.2) is 13.6 Å². The third-order valence-electron chi connectivity index (χ3n) is 3.99. The zero-order chi connectivity index (χ0) is 14.3. The van der Waals surface area contributed by atoms with E-state index < -0.39 is 10.0 Å². The molecule has 0 saturated heterocycles. The van der Waals surface area contributed by atoms with E-state index in [4.69, 9.17) is 9.88 Å². The van der Waals surface area contributed by atoms with Gasteiger partial charge in [-0.1, -0.05) is 26.0 Å².